The molecule has 1 amide bonds. The summed E-state index contributed by atoms with van der Waals surface area (Å²) < 4.78 is 29.4. The molecular formula is C19H27N7O3S2. The number of benzene rings is 1. The van der Waals surface area contributed by atoms with Crippen LogP contribution in [0.5, 0.6) is 0 Å². The summed E-state index contributed by atoms with van der Waals surface area (Å²) in [5, 5.41) is 15.2. The molecule has 0 unspecified atom stereocenters. The summed E-state index contributed by atoms with van der Waals surface area (Å²) in [5.41, 5.74) is 1.20. The number of rotatable bonds is 8. The Hall–Kier alpha value is -2.18. The number of carbonyl (C=O) groups is 1. The van der Waals surface area contributed by atoms with Crippen LogP contribution in [0.1, 0.15) is 38.1 Å². The van der Waals surface area contributed by atoms with E-state index >= 15 is 0 Å². The Bertz CT molecular complexity index is 1040. The fourth-order valence-electron chi connectivity index (χ4n) is 3.57. The van der Waals surface area contributed by atoms with Gasteiger partial charge in [-0.25, -0.2) is 13.1 Å². The SMILES string of the molecule is CN(C)c1ccc(S(=O)(=O)N2CCCCC2)cc1NC(=O)CSc1nnnn1C1CC1. The van der Waals surface area contributed by atoms with Gasteiger partial charge in [-0.2, -0.15) is 4.31 Å². The molecule has 0 radical (unpaired) electrons. The second-order valence-corrected chi connectivity index (χ2v) is 10.9. The van der Waals surface area contributed by atoms with E-state index in [-0.39, 0.29) is 16.6 Å². The summed E-state index contributed by atoms with van der Waals surface area (Å²) in [6.07, 6.45) is 4.89. The van der Waals surface area contributed by atoms with Crippen LogP contribution in [-0.2, 0) is 14.8 Å². The second-order valence-electron chi connectivity index (χ2n) is 8.01. The van der Waals surface area contributed by atoms with Crippen molar-refractivity contribution in [3.63, 3.8) is 0 Å². The fourth-order valence-corrected chi connectivity index (χ4v) is 5.85. The molecule has 1 saturated carbocycles. The van der Waals surface area contributed by atoms with Crippen LogP contribution in [-0.4, -0.2) is 71.8 Å². The highest BCUT2D eigenvalue weighted by Gasteiger charge is 2.29. The molecular weight excluding hydrogens is 438 g/mol. The molecule has 2 heterocycles. The monoisotopic (exact) mass is 465 g/mol. The van der Waals surface area contributed by atoms with E-state index in [4.69, 9.17) is 0 Å². The zero-order valence-corrected chi connectivity index (χ0v) is 19.3. The molecule has 2 aliphatic rings. The third kappa shape index (κ3) is 5.01. The molecule has 168 valence electrons. The first-order valence-electron chi connectivity index (χ1n) is 10.4. The predicted molar refractivity (Wildman–Crippen MR) is 119 cm³/mol. The molecule has 1 aliphatic carbocycles. The minimum atomic E-state index is -3.59. The van der Waals surface area contributed by atoms with Crippen LogP contribution in [0.3, 0.4) is 0 Å². The van der Waals surface area contributed by atoms with E-state index in [0.29, 0.717) is 30.0 Å². The average molecular weight is 466 g/mol. The maximum atomic E-state index is 13.1. The molecule has 2 fully saturated rings. The molecule has 2 aromatic rings. The van der Waals surface area contributed by atoms with E-state index in [1.807, 2.05) is 19.0 Å². The van der Waals surface area contributed by atoms with Crippen molar-refractivity contribution in [1.29, 1.82) is 0 Å². The molecule has 0 bridgehead atoms. The third-order valence-corrected chi connectivity index (χ3v) is 8.19. The molecule has 10 nitrogen and oxygen atoms in total. The number of sulfonamides is 1. The smallest absolute Gasteiger partial charge is 0.243 e. The normalized spacial score (nSPS) is 17.5. The summed E-state index contributed by atoms with van der Waals surface area (Å²) in [6, 6.07) is 5.22. The Labute approximate surface area is 186 Å². The van der Waals surface area contributed by atoms with Crippen LogP contribution in [0, 0.1) is 0 Å². The van der Waals surface area contributed by atoms with Gasteiger partial charge in [0.1, 0.15) is 0 Å². The molecule has 1 saturated heterocycles. The molecule has 4 rings (SSSR count). The van der Waals surface area contributed by atoms with E-state index in [9.17, 15) is 13.2 Å². The molecule has 31 heavy (non-hydrogen) atoms. The van der Waals surface area contributed by atoms with Crippen molar-refractivity contribution in [2.45, 2.75) is 48.2 Å². The molecule has 12 heteroatoms. The van der Waals surface area contributed by atoms with Crippen LogP contribution >= 0.6 is 11.8 Å². The van der Waals surface area contributed by atoms with Gasteiger partial charge >= 0.3 is 0 Å². The van der Waals surface area contributed by atoms with Crippen molar-refractivity contribution >= 4 is 39.1 Å². The number of anilines is 2. The van der Waals surface area contributed by atoms with E-state index in [1.165, 1.54) is 16.1 Å². The van der Waals surface area contributed by atoms with Crippen LogP contribution in [0.4, 0.5) is 11.4 Å². The first-order chi connectivity index (χ1) is 14.9. The minimum absolute atomic E-state index is 0.128. The Kier molecular flexibility index (Phi) is 6.49. The van der Waals surface area contributed by atoms with Crippen molar-refractivity contribution in [1.82, 2.24) is 24.5 Å². The molecule has 0 spiro atoms. The van der Waals surface area contributed by atoms with Gasteiger partial charge in [-0.1, -0.05) is 18.2 Å². The van der Waals surface area contributed by atoms with E-state index in [1.54, 1.807) is 22.9 Å². The number of carbonyl (C=O) groups excluding carboxylic acids is 1. The average Bonchev–Trinajstić information content (AvgIpc) is 3.50. The van der Waals surface area contributed by atoms with Crippen LogP contribution in [0.15, 0.2) is 28.3 Å². The topological polar surface area (TPSA) is 113 Å². The number of hydrogen-bond acceptors (Lipinski definition) is 8. The summed E-state index contributed by atoms with van der Waals surface area (Å²) in [4.78, 5) is 14.7. The standard InChI is InChI=1S/C19H27N7O3S2/c1-24(2)17-9-8-15(31(28,29)25-10-4-3-5-11-25)12-16(17)20-18(27)13-30-19-21-22-23-26(19)14-6-7-14/h8-9,12,14H,3-7,10-11,13H2,1-2H3,(H,20,27). The van der Waals surface area contributed by atoms with Gasteiger partial charge in [0.05, 0.1) is 28.1 Å². The minimum Gasteiger partial charge on any atom is -0.376 e. The number of hydrogen-bond donors (Lipinski definition) is 1. The number of tetrazole rings is 1. The highest BCUT2D eigenvalue weighted by molar-refractivity contribution is 7.99. The summed E-state index contributed by atoms with van der Waals surface area (Å²) >= 11 is 1.27. The largest absolute Gasteiger partial charge is 0.376 e. The van der Waals surface area contributed by atoms with E-state index < -0.39 is 10.0 Å². The Morgan fingerprint density at radius 1 is 1.23 bits per heavy atom. The van der Waals surface area contributed by atoms with Crippen molar-refractivity contribution in [3.05, 3.63) is 18.2 Å². The van der Waals surface area contributed by atoms with E-state index in [0.717, 1.165) is 37.8 Å². The van der Waals surface area contributed by atoms with Gasteiger partial charge in [0.25, 0.3) is 0 Å². The first-order valence-corrected chi connectivity index (χ1v) is 12.8. The first kappa shape index (κ1) is 22.0. The van der Waals surface area contributed by atoms with Gasteiger partial charge in [0.2, 0.25) is 21.1 Å². The zero-order valence-electron chi connectivity index (χ0n) is 17.7. The third-order valence-electron chi connectivity index (χ3n) is 5.36. The van der Waals surface area contributed by atoms with Gasteiger partial charge in [0, 0.05) is 27.2 Å². The molecule has 1 N–H and O–H groups in total. The zero-order chi connectivity index (χ0) is 22.0. The Balaban J connectivity index is 1.49. The highest BCUT2D eigenvalue weighted by atomic mass is 32.2. The molecule has 1 aliphatic heterocycles. The Morgan fingerprint density at radius 3 is 2.65 bits per heavy atom. The number of piperidine rings is 1. The number of nitrogens with zero attached hydrogens (tertiary/aromatic N) is 6. The maximum Gasteiger partial charge on any atom is 0.243 e. The van der Waals surface area contributed by atoms with Gasteiger partial charge in [-0.3, -0.25) is 4.79 Å². The quantitative estimate of drug-likeness (QED) is 0.589. The number of thioether (sulfide) groups is 1. The van der Waals surface area contributed by atoms with Crippen molar-refractivity contribution in [2.24, 2.45) is 0 Å². The highest BCUT2D eigenvalue weighted by Crippen LogP contribution is 2.36. The number of aromatic nitrogens is 4. The van der Waals surface area contributed by atoms with E-state index in [2.05, 4.69) is 20.8 Å². The number of amides is 1. The number of nitrogens with one attached hydrogen (secondary N) is 1. The van der Waals surface area contributed by atoms with Gasteiger partial charge in [-0.15, -0.1) is 5.10 Å². The summed E-state index contributed by atoms with van der Waals surface area (Å²) in [6.45, 7) is 1.07. The summed E-state index contributed by atoms with van der Waals surface area (Å²) in [7, 11) is 0.109. The van der Waals surface area contributed by atoms with Crippen LogP contribution in [0.2, 0.25) is 0 Å². The molecule has 1 aromatic heterocycles. The second kappa shape index (κ2) is 9.13. The van der Waals surface area contributed by atoms with Gasteiger partial charge in [-0.05, 0) is 54.3 Å². The van der Waals surface area contributed by atoms with Gasteiger partial charge in [0.15, 0.2) is 0 Å². The van der Waals surface area contributed by atoms with Crippen molar-refractivity contribution in [3.8, 4) is 0 Å². The molecule has 0 atom stereocenters. The lowest BCUT2D eigenvalue weighted by Crippen LogP contribution is -2.35. The lowest BCUT2D eigenvalue weighted by molar-refractivity contribution is -0.113. The fraction of sp³-hybridized carbons (Fsp3) is 0.579. The van der Waals surface area contributed by atoms with Gasteiger partial charge < -0.3 is 10.2 Å². The molecule has 1 aromatic carbocycles. The summed E-state index contributed by atoms with van der Waals surface area (Å²) in [5.74, 6) is -0.116. The predicted octanol–water partition coefficient (Wildman–Crippen LogP) is 1.98. The van der Waals surface area contributed by atoms with Crippen molar-refractivity contribution in [2.75, 3.05) is 43.2 Å². The Morgan fingerprint density at radius 2 is 1.97 bits per heavy atom. The van der Waals surface area contributed by atoms with Crippen molar-refractivity contribution < 1.29 is 13.2 Å². The van der Waals surface area contributed by atoms with Crippen LogP contribution < -0.4 is 10.2 Å². The maximum absolute atomic E-state index is 13.1. The lowest BCUT2D eigenvalue weighted by atomic mass is 10.2. The van der Waals surface area contributed by atoms with Crippen LogP contribution in [0.25, 0.3) is 0 Å². The lowest BCUT2D eigenvalue weighted by Gasteiger charge is -2.26.